The zero-order valence-electron chi connectivity index (χ0n) is 12.1. The van der Waals surface area contributed by atoms with Crippen LogP contribution in [0.15, 0.2) is 16.6 Å². The molecule has 0 heterocycles. The summed E-state index contributed by atoms with van der Waals surface area (Å²) < 4.78 is 21.8. The van der Waals surface area contributed by atoms with Crippen molar-refractivity contribution in [3.05, 3.63) is 22.2 Å². The van der Waals surface area contributed by atoms with Crippen molar-refractivity contribution in [3.8, 4) is 11.5 Å². The average Bonchev–Trinajstić information content (AvgIpc) is 2.45. The minimum absolute atomic E-state index is 0.209. The highest BCUT2D eigenvalue weighted by molar-refractivity contribution is 9.10. The number of ether oxygens (including phenoxy) is 4. The van der Waals surface area contributed by atoms with Crippen LogP contribution in [0.3, 0.4) is 0 Å². The minimum Gasteiger partial charge on any atom is -0.493 e. The zero-order chi connectivity index (χ0) is 15.1. The number of halogens is 1. The van der Waals surface area contributed by atoms with Gasteiger partial charge in [0, 0.05) is 10.0 Å². The lowest BCUT2D eigenvalue weighted by Gasteiger charge is -2.16. The minimum atomic E-state index is -0.641. The molecule has 0 bridgehead atoms. The molecule has 0 saturated carbocycles. The highest BCUT2D eigenvalue weighted by Gasteiger charge is 2.18. The molecule has 0 spiro atoms. The lowest BCUT2D eigenvalue weighted by molar-refractivity contribution is -0.156. The molecule has 1 atom stereocenters. The van der Waals surface area contributed by atoms with Gasteiger partial charge in [0.25, 0.3) is 0 Å². The van der Waals surface area contributed by atoms with E-state index >= 15 is 0 Å². The van der Waals surface area contributed by atoms with E-state index in [0.717, 1.165) is 10.0 Å². The first-order chi connectivity index (χ1) is 9.54. The summed E-state index contributed by atoms with van der Waals surface area (Å²) in [4.78, 5) is 11.5. The van der Waals surface area contributed by atoms with Crippen molar-refractivity contribution in [3.63, 3.8) is 0 Å². The largest absolute Gasteiger partial charge is 0.493 e. The van der Waals surface area contributed by atoms with Crippen LogP contribution < -0.4 is 9.47 Å². The molecule has 0 radical (unpaired) electrons. The number of hydrogen-bond donors (Lipinski definition) is 0. The van der Waals surface area contributed by atoms with Gasteiger partial charge in [-0.05, 0) is 26.0 Å². The third-order valence-electron chi connectivity index (χ3n) is 2.69. The lowest BCUT2D eigenvalue weighted by atomic mass is 10.2. The maximum atomic E-state index is 11.5. The summed E-state index contributed by atoms with van der Waals surface area (Å²) in [6.07, 6.45) is -0.641. The molecule has 0 amide bonds. The first-order valence-electron chi connectivity index (χ1n) is 6.22. The first-order valence-corrected chi connectivity index (χ1v) is 7.02. The molecule has 20 heavy (non-hydrogen) atoms. The van der Waals surface area contributed by atoms with E-state index in [1.165, 1.54) is 0 Å². The van der Waals surface area contributed by atoms with Crippen LogP contribution in [-0.2, 0) is 20.9 Å². The molecule has 0 aliphatic carbocycles. The van der Waals surface area contributed by atoms with E-state index in [9.17, 15) is 4.79 Å². The van der Waals surface area contributed by atoms with Crippen LogP contribution in [0.25, 0.3) is 0 Å². The zero-order valence-corrected chi connectivity index (χ0v) is 13.7. The summed E-state index contributed by atoms with van der Waals surface area (Å²) in [5.74, 6) is 0.807. The van der Waals surface area contributed by atoms with Crippen molar-refractivity contribution in [1.82, 2.24) is 0 Å². The highest BCUT2D eigenvalue weighted by atomic mass is 79.9. The summed E-state index contributed by atoms with van der Waals surface area (Å²) in [5, 5.41) is 0. The summed E-state index contributed by atoms with van der Waals surface area (Å²) in [7, 11) is 3.13. The topological polar surface area (TPSA) is 54.0 Å². The number of hydrogen-bond acceptors (Lipinski definition) is 5. The molecule has 1 aromatic carbocycles. The monoisotopic (exact) mass is 346 g/mol. The van der Waals surface area contributed by atoms with E-state index in [0.29, 0.717) is 18.1 Å². The average molecular weight is 347 g/mol. The first kappa shape index (κ1) is 16.8. The van der Waals surface area contributed by atoms with E-state index < -0.39 is 6.10 Å². The summed E-state index contributed by atoms with van der Waals surface area (Å²) in [6.45, 7) is 3.95. The smallest absolute Gasteiger partial charge is 0.334 e. The van der Waals surface area contributed by atoms with Gasteiger partial charge in [-0.15, -0.1) is 0 Å². The Bertz CT molecular complexity index is 461. The van der Waals surface area contributed by atoms with Gasteiger partial charge in [-0.1, -0.05) is 15.9 Å². The fourth-order valence-corrected chi connectivity index (χ4v) is 2.06. The van der Waals surface area contributed by atoms with Crippen LogP contribution >= 0.6 is 15.9 Å². The Kier molecular flexibility index (Phi) is 6.81. The lowest BCUT2D eigenvalue weighted by Crippen LogP contribution is -2.23. The van der Waals surface area contributed by atoms with E-state index in [1.807, 2.05) is 6.07 Å². The molecule has 0 saturated heterocycles. The van der Waals surface area contributed by atoms with Gasteiger partial charge in [0.2, 0.25) is 0 Å². The normalized spacial score (nSPS) is 11.8. The maximum Gasteiger partial charge on any atom is 0.334 e. The van der Waals surface area contributed by atoms with Gasteiger partial charge in [0.15, 0.2) is 17.6 Å². The van der Waals surface area contributed by atoms with E-state index in [-0.39, 0.29) is 12.6 Å². The van der Waals surface area contributed by atoms with E-state index in [2.05, 4.69) is 15.9 Å². The van der Waals surface area contributed by atoms with Crippen LogP contribution in [0.5, 0.6) is 11.5 Å². The number of carbonyl (C=O) groups is 1. The second-order valence-electron chi connectivity index (χ2n) is 3.97. The van der Waals surface area contributed by atoms with Gasteiger partial charge < -0.3 is 18.9 Å². The Morgan fingerprint density at radius 3 is 2.55 bits per heavy atom. The SMILES string of the molecule is CCOC(=O)C(C)OCc1c(Br)ccc(OC)c1OC. The van der Waals surface area contributed by atoms with E-state index in [1.54, 1.807) is 34.1 Å². The van der Waals surface area contributed by atoms with Gasteiger partial charge in [0.1, 0.15) is 0 Å². The predicted molar refractivity (Wildman–Crippen MR) is 78.1 cm³/mol. The quantitative estimate of drug-likeness (QED) is 0.710. The fourth-order valence-electron chi connectivity index (χ4n) is 1.64. The van der Waals surface area contributed by atoms with Crippen molar-refractivity contribution in [2.75, 3.05) is 20.8 Å². The highest BCUT2D eigenvalue weighted by Crippen LogP contribution is 2.36. The fraction of sp³-hybridized carbons (Fsp3) is 0.500. The number of carbonyl (C=O) groups excluding carboxylic acids is 1. The van der Waals surface area contributed by atoms with Crippen molar-refractivity contribution in [2.24, 2.45) is 0 Å². The van der Waals surface area contributed by atoms with Crippen LogP contribution in [0.2, 0.25) is 0 Å². The summed E-state index contributed by atoms with van der Waals surface area (Å²) in [5.41, 5.74) is 0.781. The summed E-state index contributed by atoms with van der Waals surface area (Å²) >= 11 is 3.44. The molecule has 112 valence electrons. The van der Waals surface area contributed by atoms with Gasteiger partial charge in [-0.3, -0.25) is 0 Å². The molecule has 1 aromatic rings. The van der Waals surface area contributed by atoms with Crippen molar-refractivity contribution < 1.29 is 23.7 Å². The number of rotatable bonds is 7. The number of benzene rings is 1. The number of methoxy groups -OCH3 is 2. The predicted octanol–water partition coefficient (Wildman–Crippen LogP) is 2.93. The molecule has 1 rings (SSSR count). The van der Waals surface area contributed by atoms with Crippen molar-refractivity contribution in [2.45, 2.75) is 26.6 Å². The van der Waals surface area contributed by atoms with Gasteiger partial charge >= 0.3 is 5.97 Å². The Labute approximate surface area is 127 Å². The molecule has 0 aliphatic rings. The standard InChI is InChI=1S/C14H19BrO5/c1-5-19-14(16)9(2)20-8-10-11(15)6-7-12(17-3)13(10)18-4/h6-7,9H,5,8H2,1-4H3. The molecular weight excluding hydrogens is 328 g/mol. The molecule has 0 fully saturated rings. The molecule has 0 aliphatic heterocycles. The van der Waals surface area contributed by atoms with Crippen LogP contribution in [0.4, 0.5) is 0 Å². The molecule has 0 aromatic heterocycles. The third kappa shape index (κ3) is 4.11. The number of esters is 1. The molecule has 1 unspecified atom stereocenters. The Hall–Kier alpha value is -1.27. The van der Waals surface area contributed by atoms with Crippen LogP contribution in [-0.4, -0.2) is 32.9 Å². The molecule has 6 heteroatoms. The second kappa shape index (κ2) is 8.11. The molecule has 5 nitrogen and oxygen atoms in total. The van der Waals surface area contributed by atoms with Crippen LogP contribution in [0.1, 0.15) is 19.4 Å². The Balaban J connectivity index is 2.84. The third-order valence-corrected chi connectivity index (χ3v) is 3.43. The van der Waals surface area contributed by atoms with Crippen LogP contribution in [0, 0.1) is 0 Å². The summed E-state index contributed by atoms with van der Waals surface area (Å²) in [6, 6.07) is 3.64. The maximum absolute atomic E-state index is 11.5. The molecule has 0 N–H and O–H groups in total. The van der Waals surface area contributed by atoms with Gasteiger partial charge in [0.05, 0.1) is 27.4 Å². The van der Waals surface area contributed by atoms with Crippen molar-refractivity contribution in [1.29, 1.82) is 0 Å². The van der Waals surface area contributed by atoms with Gasteiger partial charge in [-0.2, -0.15) is 0 Å². The molecular formula is C14H19BrO5. The van der Waals surface area contributed by atoms with Crippen molar-refractivity contribution >= 4 is 21.9 Å². The van der Waals surface area contributed by atoms with E-state index in [4.69, 9.17) is 18.9 Å². The Morgan fingerprint density at radius 2 is 2.00 bits per heavy atom. The van der Waals surface area contributed by atoms with Gasteiger partial charge in [-0.25, -0.2) is 4.79 Å². The Morgan fingerprint density at radius 1 is 1.30 bits per heavy atom. The second-order valence-corrected chi connectivity index (χ2v) is 4.82.